The van der Waals surface area contributed by atoms with Crippen LogP contribution in [-0.2, 0) is 0 Å². The second-order valence-corrected chi connectivity index (χ2v) is 14.9. The van der Waals surface area contributed by atoms with E-state index in [1.807, 2.05) is 0 Å². The first kappa shape index (κ1) is 6.27. The van der Waals surface area contributed by atoms with Gasteiger partial charge in [-0.15, -0.1) is 0 Å². The molecule has 0 aromatic carbocycles. The fourth-order valence-corrected chi connectivity index (χ4v) is 25.5. The molecule has 1 heterocycles. The number of hydrogen-bond donors (Lipinski definition) is 0. The molecule has 6 heavy (non-hydrogen) atoms. The summed E-state index contributed by atoms with van der Waals surface area (Å²) in [5, 5.41) is 0. The van der Waals surface area contributed by atoms with Gasteiger partial charge in [0.15, 0.2) is 0 Å². The maximum atomic E-state index is 1.59. The predicted molar refractivity (Wildman–Crippen MR) is 46.4 cm³/mol. The molecule has 0 aliphatic carbocycles. The van der Waals surface area contributed by atoms with Crippen LogP contribution in [-0.4, -0.2) is 5.90 Å². The molecule has 4 atom stereocenters. The van der Waals surface area contributed by atoms with Crippen molar-refractivity contribution >= 4 is 40.4 Å². The van der Waals surface area contributed by atoms with Crippen LogP contribution in [0.1, 0.15) is 0 Å². The smallest absolute Gasteiger partial charge is 0.00961 e. The van der Waals surface area contributed by atoms with Gasteiger partial charge in [-0.3, -0.25) is 0 Å². The first-order chi connectivity index (χ1) is 3.00. The van der Waals surface area contributed by atoms with E-state index in [1.54, 1.807) is 5.90 Å². The van der Waals surface area contributed by atoms with Gasteiger partial charge in [0.25, 0.3) is 0 Å². The van der Waals surface area contributed by atoms with Crippen molar-refractivity contribution in [1.82, 2.24) is 0 Å². The normalized spacial score (nSPS) is 44.0. The summed E-state index contributed by atoms with van der Waals surface area (Å²) in [5.41, 5.74) is 0. The van der Waals surface area contributed by atoms with E-state index in [2.05, 4.69) is 0 Å². The topological polar surface area (TPSA) is 0 Å². The lowest BCUT2D eigenvalue weighted by Crippen LogP contribution is -1.44. The minimum absolute atomic E-state index is 1.36. The van der Waals surface area contributed by atoms with Crippen LogP contribution in [0.5, 0.6) is 0 Å². The Morgan fingerprint density at radius 1 is 0.833 bits per heavy atom. The minimum atomic E-state index is 1.36. The highest BCUT2D eigenvalue weighted by Crippen LogP contribution is 2.75. The van der Waals surface area contributed by atoms with Crippen molar-refractivity contribution in [1.29, 1.82) is 0 Å². The molecule has 1 fully saturated rings. The molecular weight excluding hydrogens is 167 g/mol. The van der Waals surface area contributed by atoms with Gasteiger partial charge in [-0.1, -0.05) is 40.4 Å². The van der Waals surface area contributed by atoms with Crippen molar-refractivity contribution in [3.63, 3.8) is 0 Å². The molecular formula is CH7P5. The molecule has 0 amide bonds. The SMILES string of the molecule is C1PPPPP1. The van der Waals surface area contributed by atoms with Gasteiger partial charge in [-0.2, -0.15) is 0 Å². The fourth-order valence-electron chi connectivity index (χ4n) is 0.252. The van der Waals surface area contributed by atoms with Gasteiger partial charge in [0.1, 0.15) is 0 Å². The zero-order chi connectivity index (χ0) is 4.24. The van der Waals surface area contributed by atoms with Crippen LogP contribution in [0.2, 0.25) is 0 Å². The third-order valence-electron chi connectivity index (χ3n) is 0.479. The molecule has 1 aliphatic rings. The van der Waals surface area contributed by atoms with Gasteiger partial charge in [0.2, 0.25) is 0 Å². The zero-order valence-electron chi connectivity index (χ0n) is 3.21. The highest BCUT2D eigenvalue weighted by Gasteiger charge is 1.94. The molecule has 0 aromatic heterocycles. The third kappa shape index (κ3) is 2.46. The molecule has 5 heteroatoms. The second kappa shape index (κ2) is 4.07. The van der Waals surface area contributed by atoms with E-state index < -0.39 is 0 Å². The van der Waals surface area contributed by atoms with E-state index >= 15 is 0 Å². The summed E-state index contributed by atoms with van der Waals surface area (Å²) < 4.78 is 0. The summed E-state index contributed by atoms with van der Waals surface area (Å²) in [6, 6.07) is 0. The second-order valence-electron chi connectivity index (χ2n) is 0.905. The summed E-state index contributed by atoms with van der Waals surface area (Å²) >= 11 is 0. The molecule has 1 aliphatic heterocycles. The molecule has 0 saturated carbocycles. The average Bonchev–Trinajstić information content (AvgIpc) is 1.72. The Kier molecular flexibility index (Phi) is 4.26. The maximum absolute atomic E-state index is 1.59. The standard InChI is InChI=1S/CH7P5/c1-2-4-6-5-3-1/h2-6H,1H2. The zero-order valence-corrected chi connectivity index (χ0v) is 8.21. The monoisotopic (exact) mass is 174 g/mol. The Balaban J connectivity index is 2.00. The van der Waals surface area contributed by atoms with Gasteiger partial charge in [0.05, 0.1) is 0 Å². The van der Waals surface area contributed by atoms with Crippen LogP contribution in [0.4, 0.5) is 0 Å². The maximum Gasteiger partial charge on any atom is -0.00961 e. The molecule has 0 N–H and O–H groups in total. The van der Waals surface area contributed by atoms with E-state index in [9.17, 15) is 0 Å². The molecule has 0 spiro atoms. The molecule has 4 unspecified atom stereocenters. The van der Waals surface area contributed by atoms with Crippen LogP contribution >= 0.6 is 40.4 Å². The third-order valence-corrected chi connectivity index (χ3v) is 19.7. The molecule has 36 valence electrons. The van der Waals surface area contributed by atoms with Crippen LogP contribution in [0.15, 0.2) is 0 Å². The van der Waals surface area contributed by atoms with Crippen molar-refractivity contribution in [3.05, 3.63) is 0 Å². The lowest BCUT2D eigenvalue weighted by Gasteiger charge is -2.07. The number of hydrogen-bond acceptors (Lipinski definition) is 0. The summed E-state index contributed by atoms with van der Waals surface area (Å²) in [7, 11) is 6.86. The predicted octanol–water partition coefficient (Wildman–Crippen LogP) is 3.01. The Hall–Kier alpha value is 2.15. The first-order valence-corrected chi connectivity index (χ1v) is 11.1. The Morgan fingerprint density at radius 2 is 1.50 bits per heavy atom. The highest BCUT2D eigenvalue weighted by molar-refractivity contribution is 8.72. The minimum Gasteiger partial charge on any atom is -0.0902 e. The van der Waals surface area contributed by atoms with Gasteiger partial charge in [-0.05, 0) is 5.90 Å². The molecule has 0 aromatic rings. The van der Waals surface area contributed by atoms with Crippen molar-refractivity contribution in [2.24, 2.45) is 0 Å². The number of rotatable bonds is 0. The van der Waals surface area contributed by atoms with Crippen molar-refractivity contribution in [3.8, 4) is 0 Å². The lowest BCUT2D eigenvalue weighted by atomic mass is 11.9. The highest BCUT2D eigenvalue weighted by atomic mass is 32.7. The van der Waals surface area contributed by atoms with E-state index in [4.69, 9.17) is 0 Å². The van der Waals surface area contributed by atoms with E-state index in [1.165, 1.54) is 40.4 Å². The van der Waals surface area contributed by atoms with Crippen LogP contribution in [0, 0.1) is 0 Å². The van der Waals surface area contributed by atoms with Crippen molar-refractivity contribution < 1.29 is 0 Å². The molecule has 0 nitrogen and oxygen atoms in total. The first-order valence-electron chi connectivity index (χ1n) is 1.71. The molecule has 1 saturated heterocycles. The van der Waals surface area contributed by atoms with Crippen molar-refractivity contribution in [2.45, 2.75) is 0 Å². The summed E-state index contributed by atoms with van der Waals surface area (Å²) in [4.78, 5) is 0. The van der Waals surface area contributed by atoms with Crippen LogP contribution < -0.4 is 0 Å². The van der Waals surface area contributed by atoms with Gasteiger partial charge < -0.3 is 0 Å². The molecule has 0 radical (unpaired) electrons. The Labute approximate surface area is 46.9 Å². The molecule has 0 bridgehead atoms. The van der Waals surface area contributed by atoms with Gasteiger partial charge in [-0.25, -0.2) is 0 Å². The Morgan fingerprint density at radius 3 is 1.67 bits per heavy atom. The molecule has 1 rings (SSSR count). The van der Waals surface area contributed by atoms with Crippen LogP contribution in [0.3, 0.4) is 0 Å². The average molecular weight is 174 g/mol. The lowest BCUT2D eigenvalue weighted by molar-refractivity contribution is 2.30. The fraction of sp³-hybridized carbons (Fsp3) is 1.00. The van der Waals surface area contributed by atoms with Gasteiger partial charge in [0, 0.05) is 0 Å². The van der Waals surface area contributed by atoms with Crippen molar-refractivity contribution in [2.75, 3.05) is 5.90 Å². The van der Waals surface area contributed by atoms with E-state index in [-0.39, 0.29) is 0 Å². The van der Waals surface area contributed by atoms with Gasteiger partial charge >= 0.3 is 0 Å². The van der Waals surface area contributed by atoms with E-state index in [0.29, 0.717) is 0 Å². The summed E-state index contributed by atoms with van der Waals surface area (Å²) in [6.07, 6.45) is 0. The Bertz CT molecular complexity index is 19.4. The summed E-state index contributed by atoms with van der Waals surface area (Å²) in [6.45, 7) is 0. The summed E-state index contributed by atoms with van der Waals surface area (Å²) in [5.74, 6) is 1.59. The quantitative estimate of drug-likeness (QED) is 0.495. The largest absolute Gasteiger partial charge is 0.0902 e. The van der Waals surface area contributed by atoms with Crippen LogP contribution in [0.25, 0.3) is 0 Å². The van der Waals surface area contributed by atoms with E-state index in [0.717, 1.165) is 0 Å².